The van der Waals surface area contributed by atoms with Crippen LogP contribution in [0.5, 0.6) is 0 Å². The Hall–Kier alpha value is -3.57. The molecule has 0 aromatic heterocycles. The molecule has 2 N–H and O–H groups in total. The molecule has 2 aliphatic rings. The van der Waals surface area contributed by atoms with Crippen LogP contribution in [0.15, 0.2) is 77.8 Å². The van der Waals surface area contributed by atoms with Crippen molar-refractivity contribution in [3.05, 3.63) is 83.9 Å². The van der Waals surface area contributed by atoms with Crippen molar-refractivity contribution in [1.29, 1.82) is 0 Å². The van der Waals surface area contributed by atoms with Crippen LogP contribution in [0.25, 0.3) is 11.1 Å². The van der Waals surface area contributed by atoms with Crippen LogP contribution < -0.4 is 10.6 Å². The predicted octanol–water partition coefficient (Wildman–Crippen LogP) is 7.13. The number of para-hydroxylation sites is 1. The van der Waals surface area contributed by atoms with E-state index < -0.39 is 23.6 Å². The summed E-state index contributed by atoms with van der Waals surface area (Å²) < 4.78 is 92.4. The van der Waals surface area contributed by atoms with Gasteiger partial charge in [-0.2, -0.15) is 26.3 Å². The molecule has 0 aliphatic carbocycles. The molecule has 40 heavy (non-hydrogen) atoms. The van der Waals surface area contributed by atoms with E-state index in [1.807, 2.05) is 18.7 Å². The van der Waals surface area contributed by atoms with Crippen LogP contribution in [-0.4, -0.2) is 48.8 Å². The minimum absolute atomic E-state index is 0.0228. The van der Waals surface area contributed by atoms with Gasteiger partial charge in [-0.25, -0.2) is 4.99 Å². The maximum absolute atomic E-state index is 15.1. The minimum atomic E-state index is -4.90. The molecular formula is C29H28F6N4O. The van der Waals surface area contributed by atoms with Crippen molar-refractivity contribution in [2.24, 2.45) is 4.99 Å². The molecule has 1 fully saturated rings. The molecule has 3 unspecified atom stereocenters. The molecule has 3 aromatic rings. The van der Waals surface area contributed by atoms with Crippen LogP contribution in [-0.2, 0) is 16.6 Å². The lowest BCUT2D eigenvalue weighted by atomic mass is 9.90. The van der Waals surface area contributed by atoms with Crippen molar-refractivity contribution in [3.8, 4) is 11.1 Å². The molecule has 5 nitrogen and oxygen atoms in total. The van der Waals surface area contributed by atoms with E-state index in [2.05, 4.69) is 15.6 Å². The average Bonchev–Trinajstić information content (AvgIpc) is 2.87. The second-order valence-corrected chi connectivity index (χ2v) is 10.1. The van der Waals surface area contributed by atoms with E-state index in [-0.39, 0.29) is 52.7 Å². The molecule has 0 radical (unpaired) electrons. The zero-order chi connectivity index (χ0) is 28.7. The van der Waals surface area contributed by atoms with Crippen molar-refractivity contribution in [2.75, 3.05) is 30.3 Å². The summed E-state index contributed by atoms with van der Waals surface area (Å²) in [6.07, 6.45) is -9.79. The Morgan fingerprint density at radius 2 is 1.57 bits per heavy atom. The molecule has 5 rings (SSSR count). The zero-order valence-corrected chi connectivity index (χ0v) is 21.8. The lowest BCUT2D eigenvalue weighted by Gasteiger charge is -2.41. The number of amidine groups is 1. The van der Waals surface area contributed by atoms with Gasteiger partial charge in [0.1, 0.15) is 5.84 Å². The molecule has 2 aliphatic heterocycles. The second-order valence-electron chi connectivity index (χ2n) is 10.1. The Kier molecular flexibility index (Phi) is 7.30. The van der Waals surface area contributed by atoms with Crippen LogP contribution >= 0.6 is 0 Å². The highest BCUT2D eigenvalue weighted by Crippen LogP contribution is 2.49. The van der Waals surface area contributed by atoms with Gasteiger partial charge in [0.25, 0.3) is 5.66 Å². The summed E-state index contributed by atoms with van der Waals surface area (Å²) in [5.74, 6) is 0.0378. The second kappa shape index (κ2) is 10.4. The zero-order valence-electron chi connectivity index (χ0n) is 21.8. The number of ether oxygens (including phenoxy) is 1. The molecule has 0 amide bonds. The molecule has 1 saturated heterocycles. The predicted molar refractivity (Wildman–Crippen MR) is 142 cm³/mol. The fraction of sp³-hybridized carbons (Fsp3) is 0.345. The van der Waals surface area contributed by atoms with Crippen LogP contribution in [0, 0.1) is 0 Å². The standard InChI is InChI=1S/C29H28F6N4O/c1-18-15-39(16-19(2)40-18)17-26-36-25-14-20(22-10-6-7-11-23(22)28(30,31)32)12-13-24(25)27(38-26,29(33,34)35)37-21-8-4-3-5-9-21/h3-14,18-19,37H,15-17H2,1-2H3,(H,36,38). The van der Waals surface area contributed by atoms with Gasteiger partial charge in [-0.15, -0.1) is 0 Å². The fourth-order valence-electron chi connectivity index (χ4n) is 5.37. The maximum atomic E-state index is 15.1. The molecule has 0 spiro atoms. The van der Waals surface area contributed by atoms with E-state index >= 15 is 13.2 Å². The number of rotatable bonds is 5. The largest absolute Gasteiger partial charge is 0.436 e. The van der Waals surface area contributed by atoms with Crippen molar-refractivity contribution < 1.29 is 31.1 Å². The van der Waals surface area contributed by atoms with E-state index in [0.717, 1.165) is 6.07 Å². The first-order valence-electron chi connectivity index (χ1n) is 12.8. The maximum Gasteiger partial charge on any atom is 0.436 e. The Morgan fingerprint density at radius 1 is 0.925 bits per heavy atom. The highest BCUT2D eigenvalue weighted by Gasteiger charge is 2.59. The summed E-state index contributed by atoms with van der Waals surface area (Å²) in [7, 11) is 0. The minimum Gasteiger partial charge on any atom is -0.373 e. The summed E-state index contributed by atoms with van der Waals surface area (Å²) in [5, 5.41) is 5.60. The van der Waals surface area contributed by atoms with Gasteiger partial charge in [0.05, 0.1) is 24.3 Å². The quantitative estimate of drug-likeness (QED) is 0.325. The van der Waals surface area contributed by atoms with Crippen LogP contribution in [0.3, 0.4) is 0 Å². The van der Waals surface area contributed by atoms with Crippen LogP contribution in [0.4, 0.5) is 37.7 Å². The topological polar surface area (TPSA) is 48.9 Å². The Morgan fingerprint density at radius 3 is 2.23 bits per heavy atom. The SMILES string of the molecule is CC1CN(CC2=NC(Nc3ccccc3)(C(F)(F)F)c3ccc(-c4ccccc4C(F)(F)F)cc3N2)CC(C)O1. The van der Waals surface area contributed by atoms with Gasteiger partial charge in [-0.05, 0) is 49.2 Å². The van der Waals surface area contributed by atoms with E-state index in [1.54, 1.807) is 18.2 Å². The number of hydrogen-bond acceptors (Lipinski definition) is 5. The van der Waals surface area contributed by atoms with E-state index in [0.29, 0.717) is 13.1 Å². The van der Waals surface area contributed by atoms with Crippen molar-refractivity contribution in [2.45, 2.75) is 44.1 Å². The lowest BCUT2D eigenvalue weighted by Crippen LogP contribution is -2.53. The summed E-state index contributed by atoms with van der Waals surface area (Å²) in [4.78, 5) is 6.18. The highest BCUT2D eigenvalue weighted by atomic mass is 19.4. The summed E-state index contributed by atoms with van der Waals surface area (Å²) in [5.41, 5.74) is -3.79. The molecular weight excluding hydrogens is 534 g/mol. The molecule has 0 saturated carbocycles. The monoisotopic (exact) mass is 562 g/mol. The van der Waals surface area contributed by atoms with Gasteiger partial charge < -0.3 is 15.4 Å². The molecule has 2 heterocycles. The van der Waals surface area contributed by atoms with Crippen LogP contribution in [0.1, 0.15) is 25.0 Å². The normalized spacial score (nSPS) is 23.6. The first-order chi connectivity index (χ1) is 18.9. The van der Waals surface area contributed by atoms with E-state index in [9.17, 15) is 13.2 Å². The smallest absolute Gasteiger partial charge is 0.373 e. The van der Waals surface area contributed by atoms with Gasteiger partial charge in [-0.1, -0.05) is 48.5 Å². The molecule has 0 bridgehead atoms. The van der Waals surface area contributed by atoms with Gasteiger partial charge in [0.15, 0.2) is 0 Å². The summed E-state index contributed by atoms with van der Waals surface area (Å²) in [6, 6.07) is 16.7. The van der Waals surface area contributed by atoms with Crippen molar-refractivity contribution in [3.63, 3.8) is 0 Å². The highest BCUT2D eigenvalue weighted by molar-refractivity contribution is 6.01. The van der Waals surface area contributed by atoms with E-state index in [1.165, 1.54) is 48.5 Å². The molecule has 3 atom stereocenters. The third-order valence-electron chi connectivity index (χ3n) is 6.91. The summed E-state index contributed by atoms with van der Waals surface area (Å²) in [6.45, 7) is 4.81. The number of benzene rings is 3. The van der Waals surface area contributed by atoms with E-state index in [4.69, 9.17) is 4.74 Å². The number of nitrogens with zero attached hydrogens (tertiary/aromatic N) is 2. The molecule has 11 heteroatoms. The first-order valence-corrected chi connectivity index (χ1v) is 12.8. The Balaban J connectivity index is 1.64. The van der Waals surface area contributed by atoms with Gasteiger partial charge in [-0.3, -0.25) is 4.90 Å². The number of nitrogens with one attached hydrogen (secondary N) is 2. The van der Waals surface area contributed by atoms with Gasteiger partial charge >= 0.3 is 12.4 Å². The van der Waals surface area contributed by atoms with Gasteiger partial charge in [0.2, 0.25) is 0 Å². The first kappa shape index (κ1) is 28.0. The van der Waals surface area contributed by atoms with Gasteiger partial charge in [0, 0.05) is 30.0 Å². The third kappa shape index (κ3) is 5.53. The number of halogens is 6. The average molecular weight is 563 g/mol. The van der Waals surface area contributed by atoms with Crippen molar-refractivity contribution in [1.82, 2.24) is 4.90 Å². The summed E-state index contributed by atoms with van der Waals surface area (Å²) >= 11 is 0. The number of alkyl halides is 6. The number of aliphatic imine (C=N–C) groups is 1. The van der Waals surface area contributed by atoms with Crippen molar-refractivity contribution >= 4 is 17.2 Å². The third-order valence-corrected chi connectivity index (χ3v) is 6.91. The van der Waals surface area contributed by atoms with Crippen LogP contribution in [0.2, 0.25) is 0 Å². The lowest BCUT2D eigenvalue weighted by molar-refractivity contribution is -0.180. The Bertz CT molecular complexity index is 1380. The molecule has 212 valence electrons. The number of morpholine rings is 1. The number of anilines is 2. The number of hydrogen-bond donors (Lipinski definition) is 2. The molecule has 3 aromatic carbocycles. The Labute approximate surface area is 227 Å². The fourth-order valence-corrected chi connectivity index (χ4v) is 5.37. The number of fused-ring (bicyclic) bond motifs is 1.